The molecule has 2 aromatic carbocycles. The van der Waals surface area contributed by atoms with Gasteiger partial charge in [0.05, 0.1) is 6.07 Å². The van der Waals surface area contributed by atoms with Crippen LogP contribution in [0.15, 0.2) is 59.0 Å². The molecule has 0 saturated heterocycles. The molecule has 0 unspecified atom stereocenters. The van der Waals surface area contributed by atoms with E-state index in [9.17, 15) is 14.9 Å². The lowest BCUT2D eigenvalue weighted by Gasteiger charge is -2.06. The molecule has 0 spiro atoms. The van der Waals surface area contributed by atoms with E-state index in [1.54, 1.807) is 0 Å². The van der Waals surface area contributed by atoms with Crippen LogP contribution in [-0.2, 0) is 6.42 Å². The molecule has 0 atom stereocenters. The monoisotopic (exact) mass is 320 g/mol. The molecule has 0 aliphatic heterocycles. The van der Waals surface area contributed by atoms with Gasteiger partial charge in [-0.15, -0.1) is 0 Å². The van der Waals surface area contributed by atoms with Crippen LogP contribution in [-0.4, -0.2) is 10.8 Å². The van der Waals surface area contributed by atoms with E-state index in [1.165, 1.54) is 17.2 Å². The van der Waals surface area contributed by atoms with Crippen molar-refractivity contribution in [3.63, 3.8) is 0 Å². The van der Waals surface area contributed by atoms with E-state index < -0.39 is 16.7 Å². The number of hydrogen-bond donors (Lipinski definition) is 1. The van der Waals surface area contributed by atoms with Crippen molar-refractivity contribution in [2.24, 2.45) is 0 Å². The van der Waals surface area contributed by atoms with E-state index in [1.807, 2.05) is 30.3 Å². The number of carbonyl (C=O) groups is 1. The minimum absolute atomic E-state index is 0.0921. The van der Waals surface area contributed by atoms with Crippen LogP contribution in [0.5, 0.6) is 0 Å². The Morgan fingerprint density at radius 2 is 1.83 bits per heavy atom. The Bertz CT molecular complexity index is 975. The standard InChI is InChI=1S/C18H12N2O4/c21-18(16-7-8-17(24-16)20(22)23)19-13-5-6-15-12(10-13)9-11-3-1-2-4-14(11)15/h1-8,10H,9H2,(H,19,21). The van der Waals surface area contributed by atoms with Crippen molar-refractivity contribution < 1.29 is 14.1 Å². The molecule has 0 saturated carbocycles. The summed E-state index contributed by atoms with van der Waals surface area (Å²) in [6.45, 7) is 0. The lowest BCUT2D eigenvalue weighted by atomic mass is 10.1. The second-order valence-electron chi connectivity index (χ2n) is 5.55. The molecular formula is C18H12N2O4. The van der Waals surface area contributed by atoms with Gasteiger partial charge >= 0.3 is 5.88 Å². The fourth-order valence-electron chi connectivity index (χ4n) is 2.96. The molecule has 0 bridgehead atoms. The molecule has 6 nitrogen and oxygen atoms in total. The summed E-state index contributed by atoms with van der Waals surface area (Å²) in [5, 5.41) is 13.3. The molecule has 1 aliphatic rings. The first-order valence-corrected chi connectivity index (χ1v) is 7.38. The average molecular weight is 320 g/mol. The summed E-state index contributed by atoms with van der Waals surface area (Å²) in [6.07, 6.45) is 0.821. The van der Waals surface area contributed by atoms with Crippen molar-refractivity contribution >= 4 is 17.5 Å². The number of nitrogens with zero attached hydrogens (tertiary/aromatic N) is 1. The van der Waals surface area contributed by atoms with Crippen LogP contribution in [0, 0.1) is 10.1 Å². The van der Waals surface area contributed by atoms with Gasteiger partial charge in [0.2, 0.25) is 0 Å². The summed E-state index contributed by atoms with van der Waals surface area (Å²) in [7, 11) is 0. The van der Waals surface area contributed by atoms with Gasteiger partial charge in [0.15, 0.2) is 5.76 Å². The van der Waals surface area contributed by atoms with Crippen LogP contribution in [0.25, 0.3) is 11.1 Å². The Balaban J connectivity index is 1.57. The number of rotatable bonds is 3. The number of furan rings is 1. The van der Waals surface area contributed by atoms with Crippen molar-refractivity contribution in [2.45, 2.75) is 6.42 Å². The fourth-order valence-corrected chi connectivity index (χ4v) is 2.96. The van der Waals surface area contributed by atoms with Gasteiger partial charge in [0.25, 0.3) is 5.91 Å². The van der Waals surface area contributed by atoms with E-state index in [-0.39, 0.29) is 5.76 Å². The number of benzene rings is 2. The third-order valence-electron chi connectivity index (χ3n) is 4.05. The largest absolute Gasteiger partial charge is 0.433 e. The Kier molecular flexibility index (Phi) is 3.16. The predicted molar refractivity (Wildman–Crippen MR) is 88.0 cm³/mol. The first-order valence-electron chi connectivity index (χ1n) is 7.38. The van der Waals surface area contributed by atoms with Crippen molar-refractivity contribution in [3.05, 3.63) is 81.6 Å². The van der Waals surface area contributed by atoms with Gasteiger partial charge < -0.3 is 9.73 Å². The topological polar surface area (TPSA) is 85.4 Å². The second-order valence-corrected chi connectivity index (χ2v) is 5.55. The molecule has 6 heteroatoms. The Hall–Kier alpha value is -3.41. The smallest absolute Gasteiger partial charge is 0.395 e. The van der Waals surface area contributed by atoms with Gasteiger partial charge in [-0.2, -0.15) is 0 Å². The van der Waals surface area contributed by atoms with Gasteiger partial charge in [0, 0.05) is 5.69 Å². The number of hydrogen-bond acceptors (Lipinski definition) is 4. The molecular weight excluding hydrogens is 308 g/mol. The van der Waals surface area contributed by atoms with Gasteiger partial charge in [-0.1, -0.05) is 30.3 Å². The summed E-state index contributed by atoms with van der Waals surface area (Å²) in [5.74, 6) is -1.06. The van der Waals surface area contributed by atoms with Crippen LogP contribution in [0.3, 0.4) is 0 Å². The summed E-state index contributed by atoms with van der Waals surface area (Å²) < 4.78 is 4.91. The molecule has 3 aromatic rings. The molecule has 4 rings (SSSR count). The number of nitro groups is 1. The van der Waals surface area contributed by atoms with Crippen LogP contribution in [0.4, 0.5) is 11.6 Å². The maximum absolute atomic E-state index is 12.1. The molecule has 24 heavy (non-hydrogen) atoms. The zero-order chi connectivity index (χ0) is 16.7. The quantitative estimate of drug-likeness (QED) is 0.456. The Labute approximate surface area is 136 Å². The molecule has 0 radical (unpaired) electrons. The van der Waals surface area contributed by atoms with Crippen molar-refractivity contribution in [1.82, 2.24) is 0 Å². The van der Waals surface area contributed by atoms with Crippen LogP contribution in [0.2, 0.25) is 0 Å². The third-order valence-corrected chi connectivity index (χ3v) is 4.05. The minimum atomic E-state index is -0.677. The first kappa shape index (κ1) is 14.2. The fraction of sp³-hybridized carbons (Fsp3) is 0.0556. The number of anilines is 1. The zero-order valence-electron chi connectivity index (χ0n) is 12.5. The van der Waals surface area contributed by atoms with E-state index >= 15 is 0 Å². The van der Waals surface area contributed by atoms with E-state index in [4.69, 9.17) is 4.42 Å². The predicted octanol–water partition coefficient (Wildman–Crippen LogP) is 4.01. The van der Waals surface area contributed by atoms with Gasteiger partial charge in [-0.3, -0.25) is 14.9 Å². The van der Waals surface area contributed by atoms with E-state index in [2.05, 4.69) is 17.4 Å². The summed E-state index contributed by atoms with van der Waals surface area (Å²) in [5.41, 5.74) is 5.41. The number of carbonyl (C=O) groups excluding carboxylic acids is 1. The van der Waals surface area contributed by atoms with Crippen molar-refractivity contribution in [3.8, 4) is 11.1 Å². The highest BCUT2D eigenvalue weighted by atomic mass is 16.6. The van der Waals surface area contributed by atoms with Crippen LogP contribution >= 0.6 is 0 Å². The van der Waals surface area contributed by atoms with Gasteiger partial charge in [-0.05, 0) is 46.9 Å². The highest BCUT2D eigenvalue weighted by Crippen LogP contribution is 2.37. The molecule has 0 fully saturated rings. The Morgan fingerprint density at radius 3 is 2.62 bits per heavy atom. The number of fused-ring (bicyclic) bond motifs is 3. The Morgan fingerprint density at radius 1 is 1.04 bits per heavy atom. The second kappa shape index (κ2) is 5.34. The number of amides is 1. The average Bonchev–Trinajstić information content (AvgIpc) is 3.19. The summed E-state index contributed by atoms with van der Waals surface area (Å²) >= 11 is 0. The van der Waals surface area contributed by atoms with Gasteiger partial charge in [0.1, 0.15) is 4.92 Å². The molecule has 1 N–H and O–H groups in total. The lowest BCUT2D eigenvalue weighted by molar-refractivity contribution is -0.402. The molecule has 1 heterocycles. The highest BCUT2D eigenvalue weighted by Gasteiger charge is 2.20. The maximum Gasteiger partial charge on any atom is 0.433 e. The number of nitrogens with one attached hydrogen (secondary N) is 1. The summed E-state index contributed by atoms with van der Waals surface area (Å²) in [6, 6.07) is 16.4. The molecule has 118 valence electrons. The SMILES string of the molecule is O=C(Nc1ccc2c(c1)Cc1ccccc1-2)c1ccc([N+](=O)[O-])o1. The first-order chi connectivity index (χ1) is 11.6. The van der Waals surface area contributed by atoms with Gasteiger partial charge in [-0.25, -0.2) is 0 Å². The minimum Gasteiger partial charge on any atom is -0.395 e. The highest BCUT2D eigenvalue weighted by molar-refractivity contribution is 6.02. The maximum atomic E-state index is 12.1. The molecule has 1 aromatic heterocycles. The van der Waals surface area contributed by atoms with E-state index in [0.717, 1.165) is 23.6 Å². The van der Waals surface area contributed by atoms with Crippen molar-refractivity contribution in [2.75, 3.05) is 5.32 Å². The van der Waals surface area contributed by atoms with Crippen LogP contribution < -0.4 is 5.32 Å². The van der Waals surface area contributed by atoms with E-state index in [0.29, 0.717) is 5.69 Å². The normalized spacial score (nSPS) is 11.7. The van der Waals surface area contributed by atoms with Crippen LogP contribution in [0.1, 0.15) is 21.7 Å². The van der Waals surface area contributed by atoms with Crippen molar-refractivity contribution in [1.29, 1.82) is 0 Å². The lowest BCUT2D eigenvalue weighted by Crippen LogP contribution is -2.11. The zero-order valence-corrected chi connectivity index (χ0v) is 12.5. The summed E-state index contributed by atoms with van der Waals surface area (Å²) in [4.78, 5) is 22.1. The third kappa shape index (κ3) is 2.34. The molecule has 1 amide bonds. The molecule has 1 aliphatic carbocycles.